The number of hydrogen-bond acceptors (Lipinski definition) is 3. The Morgan fingerprint density at radius 3 is 2.69 bits per heavy atom. The zero-order valence-electron chi connectivity index (χ0n) is 9.09. The maximum atomic E-state index is 11.7. The van der Waals surface area contributed by atoms with Gasteiger partial charge in [0.25, 0.3) is 5.91 Å². The van der Waals surface area contributed by atoms with Crippen LogP contribution in [0.4, 0.5) is 0 Å². The largest absolute Gasteiger partial charge is 0.378 e. The van der Waals surface area contributed by atoms with E-state index in [4.69, 9.17) is 5.73 Å². The molecule has 0 radical (unpaired) electrons. The van der Waals surface area contributed by atoms with Gasteiger partial charge in [-0.2, -0.15) is 4.99 Å². The maximum Gasteiger partial charge on any atom is 0.252 e. The first-order valence-corrected chi connectivity index (χ1v) is 6.20. The number of nitrogens with two attached hydrogens (primary N) is 1. The summed E-state index contributed by atoms with van der Waals surface area (Å²) in [5, 5.41) is 0.486. The molecule has 1 aromatic rings. The van der Waals surface area contributed by atoms with Crippen molar-refractivity contribution in [1.82, 2.24) is 0 Å². The van der Waals surface area contributed by atoms with Gasteiger partial charge in [-0.15, -0.1) is 0 Å². The quantitative estimate of drug-likeness (QED) is 0.854. The molecule has 0 saturated carbocycles. The number of thioether (sulfide) groups is 1. The molecule has 0 aromatic heterocycles. The molecule has 2 atom stereocenters. The Morgan fingerprint density at radius 1 is 1.38 bits per heavy atom. The Labute approximate surface area is 99.1 Å². The molecule has 1 aromatic carbocycles. The summed E-state index contributed by atoms with van der Waals surface area (Å²) in [4.78, 5) is 15.6. The average Bonchev–Trinajstić information content (AvgIpc) is 2.29. The maximum absolute atomic E-state index is 11.7. The molecule has 0 bridgehead atoms. The predicted octanol–water partition coefficient (Wildman–Crippen LogP) is 2.34. The SMILES string of the molecule is CCC1C(=O)N=C(N)SC1c1ccccc1. The fourth-order valence-electron chi connectivity index (χ4n) is 1.89. The molecular formula is C12H14N2OS. The third-order valence-corrected chi connectivity index (χ3v) is 3.91. The molecule has 2 N–H and O–H groups in total. The van der Waals surface area contributed by atoms with E-state index in [0.717, 1.165) is 12.0 Å². The van der Waals surface area contributed by atoms with Crippen LogP contribution in [0.5, 0.6) is 0 Å². The van der Waals surface area contributed by atoms with Gasteiger partial charge in [0.1, 0.15) is 0 Å². The minimum absolute atomic E-state index is 0.0558. The first-order valence-electron chi connectivity index (χ1n) is 5.32. The van der Waals surface area contributed by atoms with E-state index in [1.807, 2.05) is 37.3 Å². The van der Waals surface area contributed by atoms with Crippen molar-refractivity contribution in [3.05, 3.63) is 35.9 Å². The summed E-state index contributed by atoms with van der Waals surface area (Å²) in [7, 11) is 0. The molecule has 1 aliphatic heterocycles. The Morgan fingerprint density at radius 2 is 2.06 bits per heavy atom. The van der Waals surface area contributed by atoms with Crippen molar-refractivity contribution in [3.63, 3.8) is 0 Å². The lowest BCUT2D eigenvalue weighted by molar-refractivity contribution is -0.121. The third kappa shape index (κ3) is 2.11. The van der Waals surface area contributed by atoms with Crippen LogP contribution in [0.15, 0.2) is 35.3 Å². The van der Waals surface area contributed by atoms with Crippen LogP contribution in [-0.2, 0) is 4.79 Å². The van der Waals surface area contributed by atoms with Gasteiger partial charge in [0, 0.05) is 5.25 Å². The van der Waals surface area contributed by atoms with Gasteiger partial charge in [-0.25, -0.2) is 0 Å². The van der Waals surface area contributed by atoms with Gasteiger partial charge in [-0.05, 0) is 12.0 Å². The fourth-order valence-corrected chi connectivity index (χ4v) is 3.06. The minimum atomic E-state index is -0.0902. The highest BCUT2D eigenvalue weighted by Crippen LogP contribution is 2.40. The van der Waals surface area contributed by atoms with Crippen molar-refractivity contribution in [2.45, 2.75) is 18.6 Å². The molecule has 0 aliphatic carbocycles. The Bertz CT molecular complexity index is 416. The first-order chi connectivity index (χ1) is 7.72. The van der Waals surface area contributed by atoms with E-state index in [-0.39, 0.29) is 17.1 Å². The number of amides is 1. The van der Waals surface area contributed by atoms with Gasteiger partial charge in [-0.1, -0.05) is 49.0 Å². The van der Waals surface area contributed by atoms with Crippen molar-refractivity contribution in [2.75, 3.05) is 0 Å². The number of benzene rings is 1. The topological polar surface area (TPSA) is 55.5 Å². The predicted molar refractivity (Wildman–Crippen MR) is 67.2 cm³/mol. The summed E-state index contributed by atoms with van der Waals surface area (Å²) in [5.41, 5.74) is 6.81. The summed E-state index contributed by atoms with van der Waals surface area (Å²) in [5.74, 6) is -0.146. The van der Waals surface area contributed by atoms with Gasteiger partial charge in [-0.3, -0.25) is 4.79 Å². The van der Waals surface area contributed by atoms with Crippen LogP contribution < -0.4 is 5.73 Å². The molecule has 2 unspecified atom stereocenters. The Hall–Kier alpha value is -1.29. The van der Waals surface area contributed by atoms with E-state index in [9.17, 15) is 4.79 Å². The second kappa shape index (κ2) is 4.70. The summed E-state index contributed by atoms with van der Waals surface area (Å²) in [6, 6.07) is 10.00. The van der Waals surface area contributed by atoms with Crippen molar-refractivity contribution in [3.8, 4) is 0 Å². The van der Waals surface area contributed by atoms with Crippen molar-refractivity contribution < 1.29 is 4.79 Å². The second-order valence-corrected chi connectivity index (χ2v) is 4.91. The molecule has 1 aliphatic rings. The molecule has 2 rings (SSSR count). The number of hydrogen-bond donors (Lipinski definition) is 1. The van der Waals surface area contributed by atoms with Crippen molar-refractivity contribution in [2.24, 2.45) is 16.6 Å². The Kier molecular flexibility index (Phi) is 3.29. The van der Waals surface area contributed by atoms with Crippen LogP contribution >= 0.6 is 11.8 Å². The van der Waals surface area contributed by atoms with Crippen LogP contribution in [0, 0.1) is 5.92 Å². The van der Waals surface area contributed by atoms with Crippen LogP contribution in [0.1, 0.15) is 24.2 Å². The molecule has 16 heavy (non-hydrogen) atoms. The number of aliphatic imine (C=N–C) groups is 1. The summed E-state index contributed by atoms with van der Waals surface area (Å²) >= 11 is 1.48. The minimum Gasteiger partial charge on any atom is -0.378 e. The average molecular weight is 234 g/mol. The van der Waals surface area contributed by atoms with Gasteiger partial charge in [0.05, 0.1) is 5.92 Å². The lowest BCUT2D eigenvalue weighted by Crippen LogP contribution is -2.28. The molecule has 84 valence electrons. The molecule has 0 fully saturated rings. The third-order valence-electron chi connectivity index (χ3n) is 2.72. The zero-order chi connectivity index (χ0) is 11.5. The lowest BCUT2D eigenvalue weighted by Gasteiger charge is -2.26. The number of carbonyl (C=O) groups is 1. The van der Waals surface area contributed by atoms with E-state index < -0.39 is 0 Å². The smallest absolute Gasteiger partial charge is 0.252 e. The van der Waals surface area contributed by atoms with Crippen molar-refractivity contribution >= 4 is 22.8 Å². The normalized spacial score (nSPS) is 25.3. The summed E-state index contributed by atoms with van der Waals surface area (Å²) in [6.45, 7) is 2.01. The lowest BCUT2D eigenvalue weighted by atomic mass is 9.95. The van der Waals surface area contributed by atoms with Gasteiger partial charge >= 0.3 is 0 Å². The first kappa shape index (κ1) is 11.2. The molecule has 4 heteroatoms. The molecular weight excluding hydrogens is 220 g/mol. The Balaban J connectivity index is 2.33. The van der Waals surface area contributed by atoms with E-state index >= 15 is 0 Å². The summed E-state index contributed by atoms with van der Waals surface area (Å²) in [6.07, 6.45) is 0.794. The van der Waals surface area contributed by atoms with Crippen LogP contribution in [0.2, 0.25) is 0 Å². The number of rotatable bonds is 2. The highest BCUT2D eigenvalue weighted by Gasteiger charge is 2.33. The fraction of sp³-hybridized carbons (Fsp3) is 0.333. The number of amidine groups is 1. The van der Waals surface area contributed by atoms with E-state index in [1.165, 1.54) is 11.8 Å². The van der Waals surface area contributed by atoms with E-state index in [2.05, 4.69) is 4.99 Å². The number of carbonyl (C=O) groups excluding carboxylic acids is 1. The highest BCUT2D eigenvalue weighted by molar-refractivity contribution is 8.14. The molecule has 0 saturated heterocycles. The van der Waals surface area contributed by atoms with Crippen LogP contribution in [0.25, 0.3) is 0 Å². The van der Waals surface area contributed by atoms with Gasteiger partial charge in [0.2, 0.25) is 0 Å². The molecule has 0 spiro atoms. The van der Waals surface area contributed by atoms with Crippen LogP contribution in [-0.4, -0.2) is 11.1 Å². The molecule has 1 amide bonds. The monoisotopic (exact) mass is 234 g/mol. The van der Waals surface area contributed by atoms with Crippen molar-refractivity contribution in [1.29, 1.82) is 0 Å². The zero-order valence-corrected chi connectivity index (χ0v) is 9.91. The molecule has 1 heterocycles. The molecule has 3 nitrogen and oxygen atoms in total. The van der Waals surface area contributed by atoms with Gasteiger partial charge in [0.15, 0.2) is 5.17 Å². The number of nitrogens with zero attached hydrogens (tertiary/aromatic N) is 1. The van der Waals surface area contributed by atoms with E-state index in [0.29, 0.717) is 5.17 Å². The van der Waals surface area contributed by atoms with Gasteiger partial charge < -0.3 is 5.73 Å². The standard InChI is InChI=1S/C12H14N2OS/c1-2-9-10(8-6-4-3-5-7-8)16-12(13)14-11(9)15/h3-7,9-10H,2H2,1H3,(H2,13,14,15). The highest BCUT2D eigenvalue weighted by atomic mass is 32.2. The van der Waals surface area contributed by atoms with E-state index in [1.54, 1.807) is 0 Å². The summed E-state index contributed by atoms with van der Waals surface area (Å²) < 4.78 is 0. The second-order valence-electron chi connectivity index (χ2n) is 3.75. The van der Waals surface area contributed by atoms with Crippen LogP contribution in [0.3, 0.4) is 0 Å².